The molecule has 0 bridgehead atoms. The van der Waals surface area contributed by atoms with Crippen LogP contribution in [0.15, 0.2) is 54.9 Å². The number of hydrogen-bond acceptors (Lipinski definition) is 5. The number of amides is 1. The minimum Gasteiger partial charge on any atom is -0.439 e. The SMILES string of the molecule is Cc1ccc(C(=O)N2CCN(c3cc(Oc4ccc(Cl)c(C)c4)ncn3)C[C@@H]2C)cc1. The summed E-state index contributed by atoms with van der Waals surface area (Å²) >= 11 is 6.09. The van der Waals surface area contributed by atoms with Crippen molar-refractivity contribution in [2.24, 2.45) is 0 Å². The first-order valence-electron chi connectivity index (χ1n) is 10.3. The van der Waals surface area contributed by atoms with Crippen LogP contribution in [0.4, 0.5) is 5.82 Å². The van der Waals surface area contributed by atoms with Gasteiger partial charge < -0.3 is 14.5 Å². The van der Waals surface area contributed by atoms with E-state index in [1.165, 1.54) is 6.33 Å². The number of hydrogen-bond donors (Lipinski definition) is 0. The molecule has 0 saturated carbocycles. The molecule has 0 spiro atoms. The normalized spacial score (nSPS) is 16.3. The Morgan fingerprint density at radius 2 is 1.84 bits per heavy atom. The molecule has 0 unspecified atom stereocenters. The third-order valence-electron chi connectivity index (χ3n) is 5.49. The first-order chi connectivity index (χ1) is 14.9. The van der Waals surface area contributed by atoms with Gasteiger partial charge in [-0.25, -0.2) is 9.97 Å². The fourth-order valence-corrected chi connectivity index (χ4v) is 3.81. The molecule has 1 fully saturated rings. The largest absolute Gasteiger partial charge is 0.439 e. The third kappa shape index (κ3) is 4.80. The Bertz CT molecular complexity index is 1090. The molecule has 160 valence electrons. The van der Waals surface area contributed by atoms with Crippen LogP contribution in [0.2, 0.25) is 5.02 Å². The average molecular weight is 437 g/mol. The van der Waals surface area contributed by atoms with Crippen molar-refractivity contribution < 1.29 is 9.53 Å². The molecule has 7 heteroatoms. The Morgan fingerprint density at radius 3 is 2.55 bits per heavy atom. The van der Waals surface area contributed by atoms with Crippen LogP contribution in [-0.2, 0) is 0 Å². The Hall–Kier alpha value is -3.12. The van der Waals surface area contributed by atoms with E-state index in [1.807, 2.05) is 61.2 Å². The highest BCUT2D eigenvalue weighted by Gasteiger charge is 2.29. The van der Waals surface area contributed by atoms with Crippen molar-refractivity contribution in [3.05, 3.63) is 76.6 Å². The topological polar surface area (TPSA) is 58.6 Å². The molecule has 2 heterocycles. The quantitative estimate of drug-likeness (QED) is 0.582. The molecular formula is C24H25ClN4O2. The molecule has 0 aliphatic carbocycles. The van der Waals surface area contributed by atoms with E-state index >= 15 is 0 Å². The van der Waals surface area contributed by atoms with Crippen molar-refractivity contribution in [2.45, 2.75) is 26.8 Å². The highest BCUT2D eigenvalue weighted by Crippen LogP contribution is 2.27. The molecule has 3 aromatic rings. The predicted molar refractivity (Wildman–Crippen MR) is 122 cm³/mol. The first kappa shape index (κ1) is 21.1. The number of halogens is 1. The lowest BCUT2D eigenvalue weighted by molar-refractivity contribution is 0.0673. The van der Waals surface area contributed by atoms with Crippen molar-refractivity contribution in [3.8, 4) is 11.6 Å². The Balaban J connectivity index is 1.44. The molecule has 4 rings (SSSR count). The number of piperazine rings is 1. The van der Waals surface area contributed by atoms with Gasteiger partial charge in [-0.2, -0.15) is 0 Å². The lowest BCUT2D eigenvalue weighted by Crippen LogP contribution is -2.54. The van der Waals surface area contributed by atoms with Gasteiger partial charge >= 0.3 is 0 Å². The third-order valence-corrected chi connectivity index (χ3v) is 5.91. The number of aromatic nitrogens is 2. The maximum absolute atomic E-state index is 12.9. The maximum Gasteiger partial charge on any atom is 0.254 e. The smallest absolute Gasteiger partial charge is 0.254 e. The number of anilines is 1. The summed E-state index contributed by atoms with van der Waals surface area (Å²) in [5, 5.41) is 0.697. The molecule has 0 N–H and O–H groups in total. The fraction of sp³-hybridized carbons (Fsp3) is 0.292. The fourth-order valence-electron chi connectivity index (χ4n) is 3.69. The maximum atomic E-state index is 12.9. The number of aryl methyl sites for hydroxylation is 2. The lowest BCUT2D eigenvalue weighted by Gasteiger charge is -2.40. The van der Waals surface area contributed by atoms with Crippen LogP contribution < -0.4 is 9.64 Å². The Morgan fingerprint density at radius 1 is 1.06 bits per heavy atom. The van der Waals surface area contributed by atoms with Crippen LogP contribution in [0, 0.1) is 13.8 Å². The van der Waals surface area contributed by atoms with Crippen LogP contribution in [0.25, 0.3) is 0 Å². The van der Waals surface area contributed by atoms with E-state index in [-0.39, 0.29) is 11.9 Å². The molecule has 1 saturated heterocycles. The standard InChI is InChI=1S/C24H25ClN4O2/c1-16-4-6-19(7-5-16)24(30)29-11-10-28(14-18(29)3)22-13-23(27-15-26-22)31-20-8-9-21(25)17(2)12-20/h4-9,12-13,15,18H,10-11,14H2,1-3H3/t18-/m0/s1. The van der Waals surface area contributed by atoms with Crippen LogP contribution >= 0.6 is 11.6 Å². The second-order valence-electron chi connectivity index (χ2n) is 7.89. The predicted octanol–water partition coefficient (Wildman–Crippen LogP) is 4.89. The van der Waals surface area contributed by atoms with Gasteiger partial charge in [0.15, 0.2) is 0 Å². The van der Waals surface area contributed by atoms with Crippen LogP contribution in [0.5, 0.6) is 11.6 Å². The lowest BCUT2D eigenvalue weighted by atomic mass is 10.1. The monoisotopic (exact) mass is 436 g/mol. The van der Waals surface area contributed by atoms with Gasteiger partial charge in [0.25, 0.3) is 5.91 Å². The highest BCUT2D eigenvalue weighted by molar-refractivity contribution is 6.31. The van der Waals surface area contributed by atoms with Gasteiger partial charge in [0.2, 0.25) is 5.88 Å². The molecule has 1 aliphatic heterocycles. The van der Waals surface area contributed by atoms with E-state index in [9.17, 15) is 4.79 Å². The van der Waals surface area contributed by atoms with E-state index < -0.39 is 0 Å². The summed E-state index contributed by atoms with van der Waals surface area (Å²) in [6.07, 6.45) is 1.50. The minimum atomic E-state index is 0.0563. The molecule has 6 nitrogen and oxygen atoms in total. The van der Waals surface area contributed by atoms with Crippen molar-refractivity contribution in [3.63, 3.8) is 0 Å². The molecule has 1 amide bonds. The molecule has 31 heavy (non-hydrogen) atoms. The average Bonchev–Trinajstić information content (AvgIpc) is 2.76. The van der Waals surface area contributed by atoms with E-state index in [0.717, 1.165) is 22.5 Å². The van der Waals surface area contributed by atoms with Crippen molar-refractivity contribution in [2.75, 3.05) is 24.5 Å². The van der Waals surface area contributed by atoms with Crippen LogP contribution in [-0.4, -0.2) is 46.5 Å². The summed E-state index contributed by atoms with van der Waals surface area (Å²) in [6, 6.07) is 15.1. The minimum absolute atomic E-state index is 0.0563. The summed E-state index contributed by atoms with van der Waals surface area (Å²) in [7, 11) is 0. The van der Waals surface area contributed by atoms with Crippen molar-refractivity contribution in [1.29, 1.82) is 0 Å². The first-order valence-corrected chi connectivity index (χ1v) is 10.7. The molecule has 1 aromatic heterocycles. The van der Waals surface area contributed by atoms with Gasteiger partial charge in [-0.3, -0.25) is 4.79 Å². The van der Waals surface area contributed by atoms with Gasteiger partial charge in [0, 0.05) is 42.3 Å². The van der Waals surface area contributed by atoms with Gasteiger partial charge in [0.1, 0.15) is 17.9 Å². The second kappa shape index (κ2) is 8.94. The summed E-state index contributed by atoms with van der Waals surface area (Å²) in [6.45, 7) is 8.02. The van der Waals surface area contributed by atoms with Gasteiger partial charge in [-0.05, 0) is 56.7 Å². The van der Waals surface area contributed by atoms with Crippen LogP contribution in [0.3, 0.4) is 0 Å². The number of carbonyl (C=O) groups excluding carboxylic acids is 1. The zero-order chi connectivity index (χ0) is 22.0. The Labute approximate surface area is 187 Å². The van der Waals surface area contributed by atoms with E-state index in [4.69, 9.17) is 16.3 Å². The van der Waals surface area contributed by atoms with E-state index in [0.29, 0.717) is 36.3 Å². The van der Waals surface area contributed by atoms with Crippen molar-refractivity contribution >= 4 is 23.3 Å². The zero-order valence-electron chi connectivity index (χ0n) is 17.9. The molecular weight excluding hydrogens is 412 g/mol. The highest BCUT2D eigenvalue weighted by atomic mass is 35.5. The second-order valence-corrected chi connectivity index (χ2v) is 8.29. The number of nitrogens with zero attached hydrogens (tertiary/aromatic N) is 4. The summed E-state index contributed by atoms with van der Waals surface area (Å²) in [4.78, 5) is 25.7. The molecule has 2 aromatic carbocycles. The van der Waals surface area contributed by atoms with Gasteiger partial charge in [0.05, 0.1) is 0 Å². The van der Waals surface area contributed by atoms with Gasteiger partial charge in [-0.15, -0.1) is 0 Å². The van der Waals surface area contributed by atoms with Crippen molar-refractivity contribution in [1.82, 2.24) is 14.9 Å². The Kier molecular flexibility index (Phi) is 6.09. The van der Waals surface area contributed by atoms with E-state index in [1.54, 1.807) is 6.07 Å². The van der Waals surface area contributed by atoms with E-state index in [2.05, 4.69) is 21.8 Å². The molecule has 0 radical (unpaired) electrons. The number of rotatable bonds is 4. The van der Waals surface area contributed by atoms with Crippen LogP contribution in [0.1, 0.15) is 28.4 Å². The van der Waals surface area contributed by atoms with Gasteiger partial charge in [-0.1, -0.05) is 29.3 Å². The zero-order valence-corrected chi connectivity index (χ0v) is 18.6. The molecule has 1 aliphatic rings. The summed E-state index contributed by atoms with van der Waals surface area (Å²) < 4.78 is 5.90. The molecule has 1 atom stereocenters. The number of ether oxygens (including phenoxy) is 1. The number of benzene rings is 2. The summed E-state index contributed by atoms with van der Waals surface area (Å²) in [5.41, 5.74) is 2.81. The summed E-state index contributed by atoms with van der Waals surface area (Å²) in [5.74, 6) is 1.99. The number of carbonyl (C=O) groups is 1.